The van der Waals surface area contributed by atoms with Gasteiger partial charge in [-0.2, -0.15) is 4.98 Å². The van der Waals surface area contributed by atoms with Crippen LogP contribution in [0.3, 0.4) is 0 Å². The van der Waals surface area contributed by atoms with Gasteiger partial charge in [-0.3, -0.25) is 14.8 Å². The van der Waals surface area contributed by atoms with Crippen LogP contribution in [0.15, 0.2) is 47.8 Å². The first-order valence-corrected chi connectivity index (χ1v) is 11.8. The van der Waals surface area contributed by atoms with Gasteiger partial charge in [-0.1, -0.05) is 23.8 Å². The molecule has 0 bridgehead atoms. The third kappa shape index (κ3) is 4.19. The van der Waals surface area contributed by atoms with Gasteiger partial charge in [0.1, 0.15) is 0 Å². The van der Waals surface area contributed by atoms with E-state index in [0.29, 0.717) is 16.2 Å². The number of hydrogen-bond donors (Lipinski definition) is 2. The lowest BCUT2D eigenvalue weighted by Gasteiger charge is -2.06. The number of aromatic nitrogens is 3. The second-order valence-electron chi connectivity index (χ2n) is 6.97. The second-order valence-corrected chi connectivity index (χ2v) is 9.56. The highest BCUT2D eigenvalue weighted by Crippen LogP contribution is 2.29. The Hall–Kier alpha value is -3.24. The number of nitrogens with zero attached hydrogens (tertiary/aromatic N) is 3. The topological polar surface area (TPSA) is 105 Å². The average Bonchev–Trinajstić information content (AvgIpc) is 3.21. The number of anilines is 2. The van der Waals surface area contributed by atoms with Gasteiger partial charge in [0.2, 0.25) is 15.0 Å². The van der Waals surface area contributed by atoms with E-state index in [-0.39, 0.29) is 11.9 Å². The molecular weight excluding hydrogens is 422 g/mol. The first-order valence-electron chi connectivity index (χ1n) is 9.01. The van der Waals surface area contributed by atoms with Crippen molar-refractivity contribution in [3.8, 4) is 11.3 Å². The number of rotatable bonds is 5. The largest absolute Gasteiger partial charge is 0.289 e. The third-order valence-corrected chi connectivity index (χ3v) is 5.84. The zero-order valence-electron chi connectivity index (χ0n) is 16.5. The van der Waals surface area contributed by atoms with Crippen LogP contribution in [0.1, 0.15) is 21.5 Å². The van der Waals surface area contributed by atoms with E-state index >= 15 is 0 Å². The number of benzene rings is 2. The molecule has 154 valence electrons. The first kappa shape index (κ1) is 20.0. The van der Waals surface area contributed by atoms with Crippen molar-refractivity contribution in [1.82, 2.24) is 14.6 Å². The summed E-state index contributed by atoms with van der Waals surface area (Å²) < 4.78 is 26.6. The lowest BCUT2D eigenvalue weighted by atomic mass is 10.0. The minimum absolute atomic E-state index is 0.205. The Bertz CT molecular complexity index is 1360. The maximum absolute atomic E-state index is 12.5. The number of aryl methyl sites for hydroxylation is 2. The van der Waals surface area contributed by atoms with Gasteiger partial charge in [-0.15, -0.1) is 16.4 Å². The van der Waals surface area contributed by atoms with Crippen LogP contribution in [0, 0.1) is 13.8 Å². The third-order valence-electron chi connectivity index (χ3n) is 4.42. The molecule has 0 atom stereocenters. The van der Waals surface area contributed by atoms with Crippen LogP contribution < -0.4 is 10.0 Å². The Morgan fingerprint density at radius 2 is 1.83 bits per heavy atom. The molecule has 0 aliphatic rings. The normalized spacial score (nSPS) is 11.6. The predicted octanol–water partition coefficient (Wildman–Crippen LogP) is 3.70. The van der Waals surface area contributed by atoms with Gasteiger partial charge >= 0.3 is 0 Å². The number of thiazole rings is 1. The Morgan fingerprint density at radius 3 is 2.50 bits per heavy atom. The van der Waals surface area contributed by atoms with Crippen molar-refractivity contribution >= 4 is 43.9 Å². The van der Waals surface area contributed by atoms with Crippen LogP contribution in [0.2, 0.25) is 0 Å². The van der Waals surface area contributed by atoms with Gasteiger partial charge in [0.15, 0.2) is 0 Å². The molecule has 1 amide bonds. The lowest BCUT2D eigenvalue weighted by molar-refractivity contribution is 0.102. The zero-order valence-corrected chi connectivity index (χ0v) is 18.1. The van der Waals surface area contributed by atoms with Gasteiger partial charge in [-0.05, 0) is 43.7 Å². The van der Waals surface area contributed by atoms with Gasteiger partial charge in [0, 0.05) is 22.2 Å². The van der Waals surface area contributed by atoms with Crippen molar-refractivity contribution in [2.45, 2.75) is 13.8 Å². The monoisotopic (exact) mass is 441 g/mol. The van der Waals surface area contributed by atoms with Crippen LogP contribution in [-0.4, -0.2) is 35.2 Å². The number of carbonyl (C=O) groups excluding carboxylic acids is 1. The summed E-state index contributed by atoms with van der Waals surface area (Å²) in [6, 6.07) is 12.3. The smallest absolute Gasteiger partial charge is 0.258 e. The highest BCUT2D eigenvalue weighted by Gasteiger charge is 2.15. The van der Waals surface area contributed by atoms with Gasteiger partial charge in [0.05, 0.1) is 11.9 Å². The summed E-state index contributed by atoms with van der Waals surface area (Å²) in [5.74, 6) is -0.177. The van der Waals surface area contributed by atoms with Crippen LogP contribution in [-0.2, 0) is 10.0 Å². The van der Waals surface area contributed by atoms with Gasteiger partial charge in [-0.25, -0.2) is 12.9 Å². The molecule has 0 aliphatic heterocycles. The number of hydrogen-bond acceptors (Lipinski definition) is 6. The maximum Gasteiger partial charge on any atom is 0.258 e. The molecule has 2 aromatic heterocycles. The molecule has 0 aliphatic carbocycles. The molecule has 30 heavy (non-hydrogen) atoms. The molecule has 0 saturated heterocycles. The predicted molar refractivity (Wildman–Crippen MR) is 119 cm³/mol. The standard InChI is InChI=1S/C20H19N5O3S2/c1-12-4-9-16(13(2)10-12)17-11-29-20-22-19(23-25(17)20)21-18(26)14-5-7-15(8-6-14)24-30(3,27)28/h4-11,24H,1-3H3,(H,21,23,26). The Labute approximate surface area is 177 Å². The molecule has 0 fully saturated rings. The second kappa shape index (κ2) is 7.54. The van der Waals surface area contributed by atoms with Gasteiger partial charge in [0.25, 0.3) is 11.9 Å². The fourth-order valence-electron chi connectivity index (χ4n) is 3.10. The van der Waals surface area contributed by atoms with Crippen LogP contribution in [0.5, 0.6) is 0 Å². The summed E-state index contributed by atoms with van der Waals surface area (Å²) in [5, 5.41) is 9.12. The van der Waals surface area contributed by atoms with Crippen molar-refractivity contribution < 1.29 is 13.2 Å². The van der Waals surface area contributed by atoms with E-state index < -0.39 is 10.0 Å². The van der Waals surface area contributed by atoms with Crippen molar-refractivity contribution in [2.75, 3.05) is 16.3 Å². The first-order chi connectivity index (χ1) is 14.2. The molecule has 0 unspecified atom stereocenters. The van der Waals surface area contributed by atoms with Crippen LogP contribution >= 0.6 is 11.3 Å². The number of carbonyl (C=O) groups is 1. The summed E-state index contributed by atoms with van der Waals surface area (Å²) in [6.45, 7) is 4.10. The summed E-state index contributed by atoms with van der Waals surface area (Å²) in [7, 11) is -3.37. The van der Waals surface area contributed by atoms with E-state index in [1.807, 2.05) is 25.3 Å². The molecular formula is C20H19N5O3S2. The molecule has 4 rings (SSSR count). The van der Waals surface area contributed by atoms with E-state index in [1.165, 1.54) is 41.2 Å². The molecule has 10 heteroatoms. The van der Waals surface area contributed by atoms with E-state index in [0.717, 1.165) is 23.1 Å². The van der Waals surface area contributed by atoms with E-state index in [2.05, 4.69) is 32.3 Å². The summed E-state index contributed by atoms with van der Waals surface area (Å²) in [6.07, 6.45) is 1.07. The molecule has 0 radical (unpaired) electrons. The van der Waals surface area contributed by atoms with Crippen LogP contribution in [0.25, 0.3) is 16.2 Å². The fraction of sp³-hybridized carbons (Fsp3) is 0.150. The van der Waals surface area contributed by atoms with Crippen molar-refractivity contribution in [3.63, 3.8) is 0 Å². The zero-order chi connectivity index (χ0) is 21.5. The van der Waals surface area contributed by atoms with Gasteiger partial charge < -0.3 is 0 Å². The maximum atomic E-state index is 12.5. The minimum atomic E-state index is -3.37. The number of amides is 1. The highest BCUT2D eigenvalue weighted by molar-refractivity contribution is 7.92. The van der Waals surface area contributed by atoms with Crippen molar-refractivity contribution in [1.29, 1.82) is 0 Å². The number of fused-ring (bicyclic) bond motifs is 1. The lowest BCUT2D eigenvalue weighted by Crippen LogP contribution is -2.14. The van der Waals surface area contributed by atoms with E-state index in [4.69, 9.17) is 0 Å². The SMILES string of the molecule is Cc1ccc(-c2csc3nc(NC(=O)c4ccc(NS(C)(=O)=O)cc4)nn23)c(C)c1. The highest BCUT2D eigenvalue weighted by atomic mass is 32.2. The molecule has 0 saturated carbocycles. The molecule has 4 aromatic rings. The molecule has 0 spiro atoms. The Balaban J connectivity index is 1.56. The molecule has 2 aromatic carbocycles. The number of sulfonamides is 1. The molecule has 8 nitrogen and oxygen atoms in total. The minimum Gasteiger partial charge on any atom is -0.289 e. The van der Waals surface area contributed by atoms with Crippen molar-refractivity contribution in [3.05, 3.63) is 64.5 Å². The fourth-order valence-corrected chi connectivity index (χ4v) is 4.48. The average molecular weight is 442 g/mol. The van der Waals surface area contributed by atoms with Crippen LogP contribution in [0.4, 0.5) is 11.6 Å². The Kier molecular flexibility index (Phi) is 5.04. The quantitative estimate of drug-likeness (QED) is 0.491. The Morgan fingerprint density at radius 1 is 1.10 bits per heavy atom. The van der Waals surface area contributed by atoms with Crippen molar-refractivity contribution in [2.24, 2.45) is 0 Å². The summed E-state index contributed by atoms with van der Waals surface area (Å²) in [5.41, 5.74) is 5.04. The van der Waals surface area contributed by atoms with E-state index in [1.54, 1.807) is 4.52 Å². The molecule has 2 N–H and O–H groups in total. The molecule has 2 heterocycles. The number of nitrogens with one attached hydrogen (secondary N) is 2. The van der Waals surface area contributed by atoms with E-state index in [9.17, 15) is 13.2 Å². The summed E-state index contributed by atoms with van der Waals surface area (Å²) >= 11 is 1.45. The summed E-state index contributed by atoms with van der Waals surface area (Å²) in [4.78, 5) is 17.6.